The van der Waals surface area contributed by atoms with Gasteiger partial charge < -0.3 is 10.4 Å². The predicted octanol–water partition coefficient (Wildman–Crippen LogP) is 1.36. The Balaban J connectivity index is 2.30. The lowest BCUT2D eigenvalue weighted by molar-refractivity contribution is -0.384. The van der Waals surface area contributed by atoms with Crippen LogP contribution in [-0.4, -0.2) is 29.7 Å². The van der Waals surface area contributed by atoms with E-state index in [2.05, 4.69) is 5.32 Å². The van der Waals surface area contributed by atoms with Gasteiger partial charge in [0.15, 0.2) is 0 Å². The van der Waals surface area contributed by atoms with Gasteiger partial charge in [0.1, 0.15) is 0 Å². The van der Waals surface area contributed by atoms with Gasteiger partial charge in [0, 0.05) is 18.7 Å². The Hall–Kier alpha value is -1.46. The summed E-state index contributed by atoms with van der Waals surface area (Å²) in [5.74, 6) is 0.256. The van der Waals surface area contributed by atoms with Crippen molar-refractivity contribution < 1.29 is 10.0 Å². The number of benzene rings is 1. The van der Waals surface area contributed by atoms with Gasteiger partial charge in [0.05, 0.1) is 4.92 Å². The van der Waals surface area contributed by atoms with E-state index in [0.717, 1.165) is 25.1 Å². The molecule has 0 spiro atoms. The molecule has 0 heterocycles. The highest BCUT2D eigenvalue weighted by atomic mass is 16.6. The van der Waals surface area contributed by atoms with Crippen LogP contribution in [0.4, 0.5) is 5.69 Å². The SMILES string of the molecule is CC(CO)CNCCc1ccc([N+](=O)[O-])cc1. The quantitative estimate of drug-likeness (QED) is 0.427. The van der Waals surface area contributed by atoms with E-state index >= 15 is 0 Å². The minimum atomic E-state index is -0.398. The summed E-state index contributed by atoms with van der Waals surface area (Å²) < 4.78 is 0. The van der Waals surface area contributed by atoms with E-state index in [9.17, 15) is 10.1 Å². The molecular weight excluding hydrogens is 220 g/mol. The summed E-state index contributed by atoms with van der Waals surface area (Å²) in [5, 5.41) is 22.5. The van der Waals surface area contributed by atoms with Crippen molar-refractivity contribution in [3.63, 3.8) is 0 Å². The molecular formula is C12H18N2O3. The van der Waals surface area contributed by atoms with Crippen molar-refractivity contribution in [2.24, 2.45) is 5.92 Å². The number of aliphatic hydroxyl groups excluding tert-OH is 1. The number of nitrogens with one attached hydrogen (secondary N) is 1. The number of nitro benzene ring substituents is 1. The van der Waals surface area contributed by atoms with Crippen molar-refractivity contribution in [2.75, 3.05) is 19.7 Å². The molecule has 1 aromatic rings. The standard InChI is InChI=1S/C12H18N2O3/c1-10(9-15)8-13-7-6-11-2-4-12(5-3-11)14(16)17/h2-5,10,13,15H,6-9H2,1H3. The van der Waals surface area contributed by atoms with Gasteiger partial charge in [-0.1, -0.05) is 19.1 Å². The van der Waals surface area contributed by atoms with Crippen LogP contribution in [0.3, 0.4) is 0 Å². The van der Waals surface area contributed by atoms with E-state index in [1.807, 2.05) is 6.92 Å². The van der Waals surface area contributed by atoms with Crippen LogP contribution in [0.15, 0.2) is 24.3 Å². The third-order valence-electron chi connectivity index (χ3n) is 2.54. The van der Waals surface area contributed by atoms with Crippen molar-refractivity contribution >= 4 is 5.69 Å². The minimum absolute atomic E-state index is 0.121. The Labute approximate surface area is 101 Å². The molecule has 1 rings (SSSR count). The average molecular weight is 238 g/mol. The number of rotatable bonds is 7. The lowest BCUT2D eigenvalue weighted by Crippen LogP contribution is -2.25. The van der Waals surface area contributed by atoms with Crippen molar-refractivity contribution in [1.29, 1.82) is 0 Å². The maximum atomic E-state index is 10.5. The normalized spacial score (nSPS) is 12.4. The number of hydrogen-bond acceptors (Lipinski definition) is 4. The molecule has 0 bridgehead atoms. The Bertz CT molecular complexity index is 351. The van der Waals surface area contributed by atoms with E-state index in [4.69, 9.17) is 5.11 Å². The van der Waals surface area contributed by atoms with E-state index in [0.29, 0.717) is 0 Å². The minimum Gasteiger partial charge on any atom is -0.396 e. The van der Waals surface area contributed by atoms with Crippen LogP contribution in [0.25, 0.3) is 0 Å². The van der Waals surface area contributed by atoms with Gasteiger partial charge >= 0.3 is 0 Å². The smallest absolute Gasteiger partial charge is 0.269 e. The first-order valence-corrected chi connectivity index (χ1v) is 5.68. The molecule has 1 unspecified atom stereocenters. The summed E-state index contributed by atoms with van der Waals surface area (Å²) in [7, 11) is 0. The van der Waals surface area contributed by atoms with E-state index in [-0.39, 0.29) is 18.2 Å². The summed E-state index contributed by atoms with van der Waals surface area (Å²) >= 11 is 0. The molecule has 5 heteroatoms. The monoisotopic (exact) mass is 238 g/mol. The molecule has 0 aliphatic heterocycles. The highest BCUT2D eigenvalue weighted by Crippen LogP contribution is 2.11. The Kier molecular flexibility index (Phi) is 5.59. The highest BCUT2D eigenvalue weighted by molar-refractivity contribution is 5.32. The first-order chi connectivity index (χ1) is 8.13. The zero-order valence-corrected chi connectivity index (χ0v) is 9.93. The largest absolute Gasteiger partial charge is 0.396 e. The van der Waals surface area contributed by atoms with Gasteiger partial charge in [0.25, 0.3) is 5.69 Å². The topological polar surface area (TPSA) is 75.4 Å². The summed E-state index contributed by atoms with van der Waals surface area (Å²) in [4.78, 5) is 10.1. The second-order valence-electron chi connectivity index (χ2n) is 4.17. The predicted molar refractivity (Wildman–Crippen MR) is 65.9 cm³/mol. The van der Waals surface area contributed by atoms with Gasteiger partial charge in [-0.2, -0.15) is 0 Å². The summed E-state index contributed by atoms with van der Waals surface area (Å²) in [6, 6.07) is 6.59. The molecule has 2 N–H and O–H groups in total. The fourth-order valence-corrected chi connectivity index (χ4v) is 1.43. The molecule has 17 heavy (non-hydrogen) atoms. The second-order valence-corrected chi connectivity index (χ2v) is 4.17. The number of non-ortho nitro benzene ring substituents is 1. The first kappa shape index (κ1) is 13.6. The molecule has 0 saturated carbocycles. The molecule has 0 aliphatic rings. The molecule has 1 atom stereocenters. The van der Waals surface area contributed by atoms with Crippen LogP contribution in [-0.2, 0) is 6.42 Å². The molecule has 0 saturated heterocycles. The Morgan fingerprint density at radius 2 is 2.06 bits per heavy atom. The number of hydrogen-bond donors (Lipinski definition) is 2. The van der Waals surface area contributed by atoms with Crippen LogP contribution >= 0.6 is 0 Å². The molecule has 0 radical (unpaired) electrons. The third kappa shape index (κ3) is 4.93. The van der Waals surface area contributed by atoms with Gasteiger partial charge in [-0.3, -0.25) is 10.1 Å². The molecule has 1 aromatic carbocycles. The first-order valence-electron chi connectivity index (χ1n) is 5.68. The molecule has 5 nitrogen and oxygen atoms in total. The van der Waals surface area contributed by atoms with Crippen molar-refractivity contribution in [3.05, 3.63) is 39.9 Å². The highest BCUT2D eigenvalue weighted by Gasteiger charge is 2.03. The van der Waals surface area contributed by atoms with E-state index in [1.165, 1.54) is 12.1 Å². The van der Waals surface area contributed by atoms with Crippen LogP contribution < -0.4 is 5.32 Å². The number of nitro groups is 1. The molecule has 0 fully saturated rings. The van der Waals surface area contributed by atoms with E-state index < -0.39 is 4.92 Å². The van der Waals surface area contributed by atoms with Crippen molar-refractivity contribution in [3.8, 4) is 0 Å². The number of nitrogens with zero attached hydrogens (tertiary/aromatic N) is 1. The van der Waals surface area contributed by atoms with Gasteiger partial charge in [-0.25, -0.2) is 0 Å². The Morgan fingerprint density at radius 3 is 2.59 bits per heavy atom. The van der Waals surface area contributed by atoms with Gasteiger partial charge in [-0.15, -0.1) is 0 Å². The second kappa shape index (κ2) is 6.98. The van der Waals surface area contributed by atoms with Crippen LogP contribution in [0.2, 0.25) is 0 Å². The lowest BCUT2D eigenvalue weighted by atomic mass is 10.1. The summed E-state index contributed by atoms with van der Waals surface area (Å²) in [5.41, 5.74) is 1.19. The third-order valence-corrected chi connectivity index (χ3v) is 2.54. The molecule has 0 aliphatic carbocycles. The van der Waals surface area contributed by atoms with Crippen molar-refractivity contribution in [1.82, 2.24) is 5.32 Å². The van der Waals surface area contributed by atoms with Gasteiger partial charge in [-0.05, 0) is 31.0 Å². The average Bonchev–Trinajstić information content (AvgIpc) is 2.34. The fraction of sp³-hybridized carbons (Fsp3) is 0.500. The Morgan fingerprint density at radius 1 is 1.41 bits per heavy atom. The molecule has 94 valence electrons. The fourth-order valence-electron chi connectivity index (χ4n) is 1.43. The van der Waals surface area contributed by atoms with Crippen LogP contribution in [0.5, 0.6) is 0 Å². The van der Waals surface area contributed by atoms with E-state index in [1.54, 1.807) is 12.1 Å². The summed E-state index contributed by atoms with van der Waals surface area (Å²) in [6.07, 6.45) is 0.830. The maximum Gasteiger partial charge on any atom is 0.269 e. The zero-order chi connectivity index (χ0) is 12.7. The summed E-state index contributed by atoms with van der Waals surface area (Å²) in [6.45, 7) is 3.75. The van der Waals surface area contributed by atoms with Gasteiger partial charge in [0.2, 0.25) is 0 Å². The maximum absolute atomic E-state index is 10.5. The van der Waals surface area contributed by atoms with Crippen LogP contribution in [0.1, 0.15) is 12.5 Å². The van der Waals surface area contributed by atoms with Crippen molar-refractivity contribution in [2.45, 2.75) is 13.3 Å². The molecule has 0 aromatic heterocycles. The lowest BCUT2D eigenvalue weighted by Gasteiger charge is -2.09. The number of aliphatic hydroxyl groups is 1. The molecule has 0 amide bonds. The van der Waals surface area contributed by atoms with Crippen LogP contribution in [0, 0.1) is 16.0 Å². The zero-order valence-electron chi connectivity index (χ0n) is 9.93.